The largest absolute Gasteiger partial charge is 0.491 e. The first-order chi connectivity index (χ1) is 18.0. The Morgan fingerprint density at radius 3 is 2.68 bits per heavy atom. The molecule has 0 spiro atoms. The Hall–Kier alpha value is -3.52. The normalized spacial score (nSPS) is 13.1. The van der Waals surface area contributed by atoms with Gasteiger partial charge in [0.05, 0.1) is 17.8 Å². The molecule has 0 saturated heterocycles. The third kappa shape index (κ3) is 7.26. The number of pyridine rings is 1. The second-order valence-corrected chi connectivity index (χ2v) is 9.38. The van der Waals surface area contributed by atoms with Crippen LogP contribution in [0.4, 0.5) is 10.1 Å². The number of benzene rings is 2. The summed E-state index contributed by atoms with van der Waals surface area (Å²) >= 11 is 0. The maximum Gasteiger partial charge on any atom is 0.211 e. The van der Waals surface area contributed by atoms with E-state index in [2.05, 4.69) is 29.0 Å². The van der Waals surface area contributed by atoms with Crippen LogP contribution in [0.25, 0.3) is 10.9 Å². The number of ether oxygens (including phenoxy) is 2. The van der Waals surface area contributed by atoms with E-state index in [1.807, 2.05) is 0 Å². The van der Waals surface area contributed by atoms with Gasteiger partial charge in [0.2, 0.25) is 6.41 Å². The van der Waals surface area contributed by atoms with Crippen LogP contribution in [0.2, 0.25) is 0 Å². The first kappa shape index (κ1) is 26.5. The molecular formula is C29H34FN3O4. The summed E-state index contributed by atoms with van der Waals surface area (Å²) < 4.78 is 26.7. The number of hydrogen-bond donors (Lipinski definition) is 1. The molecule has 8 heteroatoms. The van der Waals surface area contributed by atoms with Gasteiger partial charge in [-0.2, -0.15) is 0 Å². The Balaban J connectivity index is 1.49. The van der Waals surface area contributed by atoms with Crippen molar-refractivity contribution in [2.75, 3.05) is 31.6 Å². The van der Waals surface area contributed by atoms with E-state index in [0.29, 0.717) is 64.8 Å². The van der Waals surface area contributed by atoms with Crippen molar-refractivity contribution in [3.05, 3.63) is 54.0 Å². The van der Waals surface area contributed by atoms with Crippen molar-refractivity contribution in [2.45, 2.75) is 46.0 Å². The number of aromatic nitrogens is 1. The molecule has 0 aliphatic heterocycles. The van der Waals surface area contributed by atoms with Crippen molar-refractivity contribution >= 4 is 28.8 Å². The van der Waals surface area contributed by atoms with Crippen LogP contribution in [0, 0.1) is 11.7 Å². The molecule has 1 aliphatic rings. The quantitative estimate of drug-likeness (QED) is 0.208. The molecule has 3 aromatic rings. The lowest BCUT2D eigenvalue weighted by Gasteiger charge is -2.18. The monoisotopic (exact) mass is 507 g/mol. The third-order valence-electron chi connectivity index (χ3n) is 6.64. The zero-order valence-corrected chi connectivity index (χ0v) is 21.5. The number of anilines is 1. The van der Waals surface area contributed by atoms with Gasteiger partial charge in [-0.1, -0.05) is 19.9 Å². The highest BCUT2D eigenvalue weighted by Crippen LogP contribution is 2.36. The van der Waals surface area contributed by atoms with E-state index < -0.39 is 5.82 Å². The van der Waals surface area contributed by atoms with Crippen molar-refractivity contribution in [3.63, 3.8) is 0 Å². The molecule has 7 nitrogen and oxygen atoms in total. The molecule has 4 rings (SSSR count). The molecule has 1 aromatic heterocycles. The number of carbonyl (C=O) groups excluding carboxylic acids is 2. The van der Waals surface area contributed by atoms with E-state index in [0.717, 1.165) is 38.9 Å². The molecule has 1 heterocycles. The van der Waals surface area contributed by atoms with Gasteiger partial charge in [0.1, 0.15) is 28.8 Å². The highest BCUT2D eigenvalue weighted by Gasteiger charge is 2.24. The minimum atomic E-state index is -0.469. The van der Waals surface area contributed by atoms with E-state index in [9.17, 15) is 14.0 Å². The van der Waals surface area contributed by atoms with Crippen molar-refractivity contribution in [1.29, 1.82) is 0 Å². The van der Waals surface area contributed by atoms with Gasteiger partial charge in [-0.15, -0.1) is 0 Å². The Bertz CT molecular complexity index is 1240. The predicted octanol–water partition coefficient (Wildman–Crippen LogP) is 5.76. The number of ketones is 1. The van der Waals surface area contributed by atoms with Gasteiger partial charge in [0.25, 0.3) is 0 Å². The van der Waals surface area contributed by atoms with Crippen LogP contribution in [0.3, 0.4) is 0 Å². The Morgan fingerprint density at radius 1 is 1.16 bits per heavy atom. The number of halogens is 1. The van der Waals surface area contributed by atoms with Gasteiger partial charge in [-0.25, -0.2) is 4.39 Å². The topological polar surface area (TPSA) is 80.8 Å². The minimum Gasteiger partial charge on any atom is -0.491 e. The molecule has 0 bridgehead atoms. The highest BCUT2D eigenvalue weighted by molar-refractivity contribution is 5.93. The molecule has 1 saturated carbocycles. The smallest absolute Gasteiger partial charge is 0.211 e. The fourth-order valence-corrected chi connectivity index (χ4v) is 4.33. The molecule has 1 amide bonds. The second kappa shape index (κ2) is 12.6. The number of carbonyl (C=O) groups is 2. The van der Waals surface area contributed by atoms with E-state index in [-0.39, 0.29) is 12.2 Å². The Morgan fingerprint density at radius 2 is 1.97 bits per heavy atom. The standard InChI is InChI=1S/C29H34FN3O4/c1-3-33(4-2)12-5-13-36-29-18-26-24(17-27(29)32-19-34)28(10-11-31-26)37-23-9-8-21(25(30)16-23)15-22(35)14-20-6-7-20/h8-11,16-20H,3-7,12-15H2,1-2H3,(H,32,34). The lowest BCUT2D eigenvalue weighted by Crippen LogP contribution is -2.25. The molecule has 0 radical (unpaired) electrons. The van der Waals surface area contributed by atoms with Gasteiger partial charge >= 0.3 is 0 Å². The van der Waals surface area contributed by atoms with Crippen LogP contribution >= 0.6 is 0 Å². The summed E-state index contributed by atoms with van der Waals surface area (Å²) in [5, 5.41) is 3.34. The molecule has 1 N–H and O–H groups in total. The van der Waals surface area contributed by atoms with Gasteiger partial charge in [0, 0.05) is 43.1 Å². The summed E-state index contributed by atoms with van der Waals surface area (Å²) in [5.74, 6) is 1.37. The molecule has 37 heavy (non-hydrogen) atoms. The molecule has 0 atom stereocenters. The summed E-state index contributed by atoms with van der Waals surface area (Å²) in [6, 6.07) is 9.75. The molecule has 0 unspecified atom stereocenters. The lowest BCUT2D eigenvalue weighted by atomic mass is 10.0. The van der Waals surface area contributed by atoms with Crippen LogP contribution in [0.1, 0.15) is 45.1 Å². The van der Waals surface area contributed by atoms with Gasteiger partial charge in [-0.3, -0.25) is 14.6 Å². The first-order valence-electron chi connectivity index (χ1n) is 13.0. The fraction of sp³-hybridized carbons (Fsp3) is 0.414. The van der Waals surface area contributed by atoms with Gasteiger partial charge < -0.3 is 19.7 Å². The maximum atomic E-state index is 14.7. The number of amides is 1. The summed E-state index contributed by atoms with van der Waals surface area (Å²) in [7, 11) is 0. The second-order valence-electron chi connectivity index (χ2n) is 9.38. The highest BCUT2D eigenvalue weighted by atomic mass is 19.1. The van der Waals surface area contributed by atoms with E-state index >= 15 is 0 Å². The first-order valence-corrected chi connectivity index (χ1v) is 13.0. The molecule has 2 aromatic carbocycles. The average molecular weight is 508 g/mol. The SMILES string of the molecule is CCN(CC)CCCOc1cc2nccc(Oc3ccc(CC(=O)CC4CC4)c(F)c3)c2cc1NC=O. The fourth-order valence-electron chi connectivity index (χ4n) is 4.33. The number of nitrogens with one attached hydrogen (secondary N) is 1. The van der Waals surface area contributed by atoms with Crippen LogP contribution in [-0.4, -0.2) is 48.3 Å². The van der Waals surface area contributed by atoms with Crippen molar-refractivity contribution < 1.29 is 23.5 Å². The maximum absolute atomic E-state index is 14.7. The number of nitrogens with zero attached hydrogens (tertiary/aromatic N) is 2. The summed E-state index contributed by atoms with van der Waals surface area (Å²) in [4.78, 5) is 30.1. The van der Waals surface area contributed by atoms with Gasteiger partial charge in [0.15, 0.2) is 0 Å². The van der Waals surface area contributed by atoms with Gasteiger partial charge in [-0.05, 0) is 62.0 Å². The molecular weight excluding hydrogens is 473 g/mol. The molecule has 1 aliphatic carbocycles. The number of fused-ring (bicyclic) bond motifs is 1. The van der Waals surface area contributed by atoms with Crippen LogP contribution in [0.15, 0.2) is 42.6 Å². The van der Waals surface area contributed by atoms with Crippen LogP contribution in [-0.2, 0) is 16.0 Å². The Labute approximate surface area is 217 Å². The minimum absolute atomic E-state index is 0.0662. The average Bonchev–Trinajstić information content (AvgIpc) is 3.70. The van der Waals surface area contributed by atoms with Crippen molar-refractivity contribution in [1.82, 2.24) is 9.88 Å². The van der Waals surface area contributed by atoms with E-state index in [1.54, 1.807) is 36.5 Å². The Kier molecular flexibility index (Phi) is 9.06. The third-order valence-corrected chi connectivity index (χ3v) is 6.64. The summed E-state index contributed by atoms with van der Waals surface area (Å²) in [6.45, 7) is 7.66. The number of hydrogen-bond acceptors (Lipinski definition) is 6. The van der Waals surface area contributed by atoms with E-state index in [4.69, 9.17) is 9.47 Å². The molecule has 1 fully saturated rings. The van der Waals surface area contributed by atoms with E-state index in [1.165, 1.54) is 6.07 Å². The number of rotatable bonds is 15. The van der Waals surface area contributed by atoms with Crippen LogP contribution < -0.4 is 14.8 Å². The van der Waals surface area contributed by atoms with Crippen molar-refractivity contribution in [3.8, 4) is 17.2 Å². The molecule has 196 valence electrons. The zero-order chi connectivity index (χ0) is 26.2. The summed E-state index contributed by atoms with van der Waals surface area (Å²) in [5.41, 5.74) is 1.49. The lowest BCUT2D eigenvalue weighted by molar-refractivity contribution is -0.118. The zero-order valence-electron chi connectivity index (χ0n) is 21.5. The number of Topliss-reactive ketones (excluding diaryl/α,β-unsaturated/α-hetero) is 1. The summed E-state index contributed by atoms with van der Waals surface area (Å²) in [6.07, 6.45) is 5.86. The van der Waals surface area contributed by atoms with Crippen molar-refractivity contribution in [2.24, 2.45) is 5.92 Å². The predicted molar refractivity (Wildman–Crippen MR) is 142 cm³/mol. The van der Waals surface area contributed by atoms with Crippen LogP contribution in [0.5, 0.6) is 17.2 Å².